The van der Waals surface area contributed by atoms with Gasteiger partial charge >= 0.3 is 0 Å². The van der Waals surface area contributed by atoms with Crippen molar-refractivity contribution in [3.8, 4) is 5.75 Å². The second-order valence-corrected chi connectivity index (χ2v) is 18.5. The molecule has 0 bridgehead atoms. The molecule has 3 aromatic rings. The van der Waals surface area contributed by atoms with Crippen LogP contribution in [-0.2, 0) is 32.9 Å². The molecule has 0 saturated carbocycles. The van der Waals surface area contributed by atoms with E-state index in [0.717, 1.165) is 29.0 Å². The van der Waals surface area contributed by atoms with Crippen molar-refractivity contribution in [2.75, 3.05) is 36.2 Å². The second kappa shape index (κ2) is 14.7. The van der Waals surface area contributed by atoms with Crippen molar-refractivity contribution >= 4 is 48.8 Å². The summed E-state index contributed by atoms with van der Waals surface area (Å²) in [5.74, 6) is 0.136. The van der Waals surface area contributed by atoms with Gasteiger partial charge in [0.1, 0.15) is 5.75 Å². The average molecular weight is 722 g/mol. The first-order valence-electron chi connectivity index (χ1n) is 17.6. The van der Waals surface area contributed by atoms with Gasteiger partial charge in [-0.15, -0.1) is 0 Å². The van der Waals surface area contributed by atoms with Crippen LogP contribution in [0.15, 0.2) is 60.7 Å². The fourth-order valence-electron chi connectivity index (χ4n) is 8.26. The molecule has 3 heterocycles. The third-order valence-electron chi connectivity index (χ3n) is 10.4. The van der Waals surface area contributed by atoms with E-state index in [9.17, 15) is 24.6 Å². The van der Waals surface area contributed by atoms with Crippen LogP contribution >= 0.6 is 11.6 Å². The molecule has 1 unspecified atom stereocenters. The van der Waals surface area contributed by atoms with Gasteiger partial charge in [-0.25, -0.2) is 0 Å². The number of hydrogen-bond acceptors (Lipinski definition) is 8. The molecule has 1 saturated heterocycles. The number of nitrogens with one attached hydrogen (secondary N) is 1. The lowest BCUT2D eigenvalue weighted by Crippen LogP contribution is -2.49. The predicted octanol–water partition coefficient (Wildman–Crippen LogP) is 5.42. The Labute approximate surface area is 300 Å². The Bertz CT molecular complexity index is 1720. The van der Waals surface area contributed by atoms with Crippen molar-refractivity contribution in [2.45, 2.75) is 82.5 Å². The fourth-order valence-corrected chi connectivity index (χ4v) is 11.0. The summed E-state index contributed by atoms with van der Waals surface area (Å²) in [6, 6.07) is 18.5. The number of halogens is 1. The molecule has 0 aliphatic carbocycles. The van der Waals surface area contributed by atoms with E-state index in [1.54, 1.807) is 21.9 Å². The lowest BCUT2D eigenvalue weighted by atomic mass is 9.82. The van der Waals surface area contributed by atoms with Crippen LogP contribution in [0, 0.1) is 5.92 Å². The number of unbranched alkanes of at least 4 members (excludes halogenated alkanes) is 1. The normalized spacial score (nSPS) is 24.6. The van der Waals surface area contributed by atoms with Crippen molar-refractivity contribution in [3.63, 3.8) is 0 Å². The Morgan fingerprint density at radius 3 is 2.44 bits per heavy atom. The molecule has 0 aromatic heterocycles. The molecule has 12 heteroatoms. The SMILES string of the molecule is CCOc1ccc2c(c1)CC(NCCCCO)C(=O)N2c1ccc(CN2C(=O)[C@@]3(O[C@@H](CCO)[C@H]([Si](C)(C)O)[C@H]3C)c3cc(Cl)ccc32)cc1. The Hall–Kier alpha value is -3.29. The van der Waals surface area contributed by atoms with E-state index in [0.29, 0.717) is 54.4 Å². The second-order valence-electron chi connectivity index (χ2n) is 14.1. The summed E-state index contributed by atoms with van der Waals surface area (Å²) in [4.78, 5) is 43.4. The Morgan fingerprint density at radius 2 is 1.76 bits per heavy atom. The summed E-state index contributed by atoms with van der Waals surface area (Å²) in [6.07, 6.45) is 1.81. The lowest BCUT2D eigenvalue weighted by molar-refractivity contribution is -0.146. The van der Waals surface area contributed by atoms with E-state index in [2.05, 4.69) is 5.32 Å². The molecule has 2 amide bonds. The molecule has 4 N–H and O–H groups in total. The number of fused-ring (bicyclic) bond motifs is 3. The van der Waals surface area contributed by atoms with Crippen LogP contribution in [0.4, 0.5) is 17.1 Å². The van der Waals surface area contributed by atoms with E-state index in [-0.39, 0.29) is 43.0 Å². The molecular weight excluding hydrogens is 674 g/mol. The number of aliphatic hydroxyl groups excluding tert-OH is 2. The molecule has 3 aliphatic heterocycles. The van der Waals surface area contributed by atoms with Crippen LogP contribution in [0.3, 0.4) is 0 Å². The summed E-state index contributed by atoms with van der Waals surface area (Å²) in [5, 5.41) is 23.0. The van der Waals surface area contributed by atoms with E-state index in [1.165, 1.54) is 0 Å². The van der Waals surface area contributed by atoms with E-state index in [4.69, 9.17) is 21.1 Å². The maximum absolute atomic E-state index is 14.6. The number of hydrogen-bond donors (Lipinski definition) is 4. The number of anilines is 3. The Morgan fingerprint density at radius 1 is 1.02 bits per heavy atom. The Balaban J connectivity index is 1.30. The highest BCUT2D eigenvalue weighted by Gasteiger charge is 2.66. The van der Waals surface area contributed by atoms with Gasteiger partial charge in [-0.3, -0.25) is 14.5 Å². The zero-order chi connectivity index (χ0) is 35.8. The summed E-state index contributed by atoms with van der Waals surface area (Å²) in [7, 11) is -2.81. The molecule has 1 fully saturated rings. The maximum Gasteiger partial charge on any atom is 0.264 e. The van der Waals surface area contributed by atoms with Gasteiger partial charge in [0.2, 0.25) is 5.91 Å². The van der Waals surface area contributed by atoms with Crippen molar-refractivity contribution in [2.24, 2.45) is 5.92 Å². The summed E-state index contributed by atoms with van der Waals surface area (Å²) < 4.78 is 12.4. The zero-order valence-corrected chi connectivity index (χ0v) is 30.9. The summed E-state index contributed by atoms with van der Waals surface area (Å²) >= 11 is 6.51. The predicted molar refractivity (Wildman–Crippen MR) is 197 cm³/mol. The van der Waals surface area contributed by atoms with Crippen molar-refractivity contribution in [1.29, 1.82) is 0 Å². The number of ether oxygens (including phenoxy) is 2. The molecule has 10 nitrogen and oxygen atoms in total. The van der Waals surface area contributed by atoms with E-state index in [1.807, 2.05) is 75.5 Å². The minimum absolute atomic E-state index is 0.0596. The maximum atomic E-state index is 14.6. The van der Waals surface area contributed by atoms with Crippen LogP contribution in [0.25, 0.3) is 0 Å². The van der Waals surface area contributed by atoms with Gasteiger partial charge in [-0.2, -0.15) is 0 Å². The third kappa shape index (κ3) is 6.61. The standard InChI is InChI=1S/C38H48ClN3O7Si/c1-5-48-29-13-15-32-26(20-29)21-31(40-17-6-7-18-43)36(45)42(32)28-11-8-25(9-12-28)23-41-33-14-10-27(39)22-30(33)38(37(41)46)24(2)35(50(3,4)47)34(49-38)16-19-44/h8-15,20,22,24,31,34-35,40,43-44,47H,5-7,16-19,21,23H2,1-4H3/t24-,31?,34+,35-,38+/m1/s1. The largest absolute Gasteiger partial charge is 0.494 e. The lowest BCUT2D eigenvalue weighted by Gasteiger charge is -2.35. The number of benzene rings is 3. The zero-order valence-electron chi connectivity index (χ0n) is 29.2. The smallest absolute Gasteiger partial charge is 0.264 e. The van der Waals surface area contributed by atoms with Gasteiger partial charge in [0, 0.05) is 40.9 Å². The number of aliphatic hydroxyl groups is 2. The van der Waals surface area contributed by atoms with Gasteiger partial charge < -0.3 is 34.7 Å². The number of nitrogens with zero attached hydrogens (tertiary/aromatic N) is 2. The Kier molecular flexibility index (Phi) is 10.8. The molecule has 1 spiro atoms. The molecule has 3 aliphatic rings. The first kappa shape index (κ1) is 36.5. The van der Waals surface area contributed by atoms with Crippen LogP contribution in [0.2, 0.25) is 23.7 Å². The quantitative estimate of drug-likeness (QED) is 0.136. The van der Waals surface area contributed by atoms with Gasteiger partial charge in [0.25, 0.3) is 5.91 Å². The van der Waals surface area contributed by atoms with Crippen LogP contribution in [0.5, 0.6) is 5.75 Å². The molecule has 268 valence electrons. The van der Waals surface area contributed by atoms with Crippen molar-refractivity contribution in [3.05, 3.63) is 82.4 Å². The first-order valence-corrected chi connectivity index (χ1v) is 21.0. The number of rotatable bonds is 13. The van der Waals surface area contributed by atoms with Gasteiger partial charge in [0.15, 0.2) is 13.9 Å². The minimum Gasteiger partial charge on any atom is -0.494 e. The van der Waals surface area contributed by atoms with Crippen molar-refractivity contribution < 1.29 is 34.1 Å². The average Bonchev–Trinajstić information content (AvgIpc) is 3.50. The number of amides is 2. The molecule has 5 atom stereocenters. The van der Waals surface area contributed by atoms with Crippen LogP contribution < -0.4 is 19.9 Å². The molecule has 0 radical (unpaired) electrons. The highest BCUT2D eigenvalue weighted by Crippen LogP contribution is 2.60. The molecular formula is C38H48ClN3O7Si. The van der Waals surface area contributed by atoms with E-state index < -0.39 is 26.1 Å². The fraction of sp³-hybridized carbons (Fsp3) is 0.474. The minimum atomic E-state index is -2.81. The summed E-state index contributed by atoms with van der Waals surface area (Å²) in [6.45, 7) is 9.04. The molecule has 50 heavy (non-hydrogen) atoms. The highest BCUT2D eigenvalue weighted by molar-refractivity contribution is 6.71. The topological polar surface area (TPSA) is 132 Å². The number of carbonyl (C=O) groups is 2. The molecule has 6 rings (SSSR count). The third-order valence-corrected chi connectivity index (χ3v) is 13.2. The van der Waals surface area contributed by atoms with Crippen LogP contribution in [0.1, 0.15) is 49.8 Å². The van der Waals surface area contributed by atoms with Gasteiger partial charge in [0.05, 0.1) is 36.7 Å². The first-order chi connectivity index (χ1) is 23.9. The molecule has 3 aromatic carbocycles. The van der Waals surface area contributed by atoms with Gasteiger partial charge in [-0.05, 0) is 112 Å². The highest BCUT2D eigenvalue weighted by atomic mass is 35.5. The van der Waals surface area contributed by atoms with Gasteiger partial charge in [-0.1, -0.05) is 30.7 Å². The summed E-state index contributed by atoms with van der Waals surface area (Å²) in [5.41, 5.74) is 3.16. The number of carbonyl (C=O) groups excluding carboxylic acids is 2. The monoisotopic (exact) mass is 721 g/mol. The van der Waals surface area contributed by atoms with Crippen molar-refractivity contribution in [1.82, 2.24) is 5.32 Å². The van der Waals surface area contributed by atoms with Crippen LogP contribution in [-0.4, -0.2) is 73.7 Å². The van der Waals surface area contributed by atoms with E-state index >= 15 is 0 Å².